The Hall–Kier alpha value is -3.10. The topological polar surface area (TPSA) is 34.6 Å². The Morgan fingerprint density at radius 1 is 0.756 bits per heavy atom. The predicted molar refractivity (Wildman–Crippen MR) is 164 cm³/mol. The lowest BCUT2D eigenvalue weighted by Gasteiger charge is -2.35. The third-order valence-corrected chi connectivity index (χ3v) is 7.96. The van der Waals surface area contributed by atoms with E-state index < -0.39 is 0 Å². The number of halogens is 3. The molecule has 1 aliphatic heterocycles. The maximum Gasteiger partial charge on any atom is 0.123 e. The van der Waals surface area contributed by atoms with Gasteiger partial charge in [0, 0.05) is 74.7 Å². The van der Waals surface area contributed by atoms with Crippen LogP contribution in [0.5, 0.6) is 0 Å². The second-order valence-electron chi connectivity index (χ2n) is 10.8. The van der Waals surface area contributed by atoms with Gasteiger partial charge in [0.15, 0.2) is 0 Å². The van der Waals surface area contributed by atoms with Crippen molar-refractivity contribution in [3.8, 4) is 0 Å². The van der Waals surface area contributed by atoms with Gasteiger partial charge >= 0.3 is 0 Å². The van der Waals surface area contributed by atoms with Crippen molar-refractivity contribution < 1.29 is 8.78 Å². The fourth-order valence-electron chi connectivity index (χ4n) is 5.47. The van der Waals surface area contributed by atoms with Gasteiger partial charge in [-0.3, -0.25) is 9.88 Å². The number of hydrogen-bond donors (Lipinski definition) is 1. The van der Waals surface area contributed by atoms with E-state index in [9.17, 15) is 8.78 Å². The second-order valence-corrected chi connectivity index (χ2v) is 11.2. The molecule has 0 amide bonds. The molecule has 0 radical (unpaired) electrons. The Kier molecular flexibility index (Phi) is 10.5. The van der Waals surface area contributed by atoms with Gasteiger partial charge in [-0.2, -0.15) is 0 Å². The van der Waals surface area contributed by atoms with E-state index in [1.165, 1.54) is 24.3 Å². The van der Waals surface area contributed by atoms with Crippen LogP contribution >= 0.6 is 11.6 Å². The predicted octanol–water partition coefficient (Wildman–Crippen LogP) is 6.68. The van der Waals surface area contributed by atoms with E-state index in [1.54, 1.807) is 0 Å². The summed E-state index contributed by atoms with van der Waals surface area (Å²) < 4.78 is 26.8. The van der Waals surface area contributed by atoms with E-state index in [1.807, 2.05) is 54.7 Å². The number of aromatic nitrogens is 1. The number of anilines is 1. The number of fused-ring (bicyclic) bond motifs is 1. The molecule has 1 fully saturated rings. The molecule has 41 heavy (non-hydrogen) atoms. The highest BCUT2D eigenvalue weighted by molar-refractivity contribution is 6.31. The third kappa shape index (κ3) is 8.94. The number of pyridine rings is 1. The van der Waals surface area contributed by atoms with Crippen molar-refractivity contribution in [3.05, 3.63) is 107 Å². The number of piperazine rings is 1. The van der Waals surface area contributed by atoms with Gasteiger partial charge in [0.05, 0.1) is 5.52 Å². The van der Waals surface area contributed by atoms with Crippen molar-refractivity contribution in [2.45, 2.75) is 25.9 Å². The first kappa shape index (κ1) is 29.4. The summed E-state index contributed by atoms with van der Waals surface area (Å²) in [6, 6.07) is 21.3. The van der Waals surface area contributed by atoms with Gasteiger partial charge in [0.2, 0.25) is 0 Å². The number of hydrogen-bond acceptors (Lipinski definition) is 5. The number of benzene rings is 3. The molecule has 0 aliphatic carbocycles. The van der Waals surface area contributed by atoms with Gasteiger partial charge in [-0.1, -0.05) is 35.9 Å². The molecule has 1 aromatic heterocycles. The fourth-order valence-corrected chi connectivity index (χ4v) is 5.63. The summed E-state index contributed by atoms with van der Waals surface area (Å²) in [5.74, 6) is -0.440. The summed E-state index contributed by atoms with van der Waals surface area (Å²) in [4.78, 5) is 11.9. The molecule has 5 rings (SSSR count). The first-order chi connectivity index (χ1) is 20.0. The van der Waals surface area contributed by atoms with Crippen LogP contribution in [0.15, 0.2) is 79.0 Å². The number of nitrogens with one attached hydrogen (secondary N) is 1. The van der Waals surface area contributed by atoms with Crippen molar-refractivity contribution >= 4 is 28.2 Å². The van der Waals surface area contributed by atoms with Gasteiger partial charge in [-0.15, -0.1) is 0 Å². The van der Waals surface area contributed by atoms with Crippen LogP contribution < -0.4 is 5.32 Å². The van der Waals surface area contributed by atoms with Crippen molar-refractivity contribution in [1.29, 1.82) is 0 Å². The SMILES string of the molecule is Fc1ccc(CN(CCCN2CCN(CCCNc3ccnc4cc(Cl)ccc34)CC2)Cc2ccc(F)cc2)cc1. The van der Waals surface area contributed by atoms with E-state index in [0.29, 0.717) is 5.02 Å². The lowest BCUT2D eigenvalue weighted by molar-refractivity contribution is 0.125. The second kappa shape index (κ2) is 14.7. The van der Waals surface area contributed by atoms with Crippen LogP contribution in [0.3, 0.4) is 0 Å². The molecular weight excluding hydrogens is 540 g/mol. The molecule has 1 aliphatic rings. The van der Waals surface area contributed by atoms with Crippen molar-refractivity contribution in [2.24, 2.45) is 0 Å². The molecule has 0 bridgehead atoms. The molecule has 0 unspecified atom stereocenters. The average molecular weight is 578 g/mol. The monoisotopic (exact) mass is 577 g/mol. The standard InChI is InChI=1S/C33H38ClF2N5/c34-28-7-12-31-32(13-15-38-33(31)23-28)37-14-1-16-39-19-21-40(22-20-39)17-2-18-41(24-26-3-8-29(35)9-4-26)25-27-5-10-30(36)11-6-27/h3-13,15,23H,1-2,14,16-22,24-25H2,(H,37,38). The summed E-state index contributed by atoms with van der Waals surface area (Å²) in [6.07, 6.45) is 3.96. The van der Waals surface area contributed by atoms with E-state index in [0.717, 1.165) is 106 Å². The van der Waals surface area contributed by atoms with Crippen molar-refractivity contribution in [3.63, 3.8) is 0 Å². The quantitative estimate of drug-likeness (QED) is 0.179. The molecule has 2 heterocycles. The van der Waals surface area contributed by atoms with E-state index >= 15 is 0 Å². The highest BCUT2D eigenvalue weighted by Crippen LogP contribution is 2.24. The smallest absolute Gasteiger partial charge is 0.123 e. The minimum atomic E-state index is -0.220. The van der Waals surface area contributed by atoms with Crippen LogP contribution in [-0.4, -0.2) is 72.0 Å². The summed E-state index contributed by atoms with van der Waals surface area (Å²) in [5, 5.41) is 5.37. The zero-order valence-corrected chi connectivity index (χ0v) is 24.2. The van der Waals surface area contributed by atoms with Gasteiger partial charge in [-0.25, -0.2) is 8.78 Å². The summed E-state index contributed by atoms with van der Waals surface area (Å²) >= 11 is 6.11. The lowest BCUT2D eigenvalue weighted by Crippen LogP contribution is -2.47. The van der Waals surface area contributed by atoms with Crippen LogP contribution in [0.2, 0.25) is 5.02 Å². The highest BCUT2D eigenvalue weighted by atomic mass is 35.5. The summed E-state index contributed by atoms with van der Waals surface area (Å²) in [6.45, 7) is 9.80. The Labute approximate surface area is 246 Å². The van der Waals surface area contributed by atoms with Crippen molar-refractivity contribution in [2.75, 3.05) is 57.7 Å². The molecule has 0 spiro atoms. The summed E-state index contributed by atoms with van der Waals surface area (Å²) in [7, 11) is 0. The van der Waals surface area contributed by atoms with Gasteiger partial charge in [0.25, 0.3) is 0 Å². The molecule has 1 N–H and O–H groups in total. The molecule has 0 saturated carbocycles. The normalized spacial score (nSPS) is 14.6. The minimum Gasteiger partial charge on any atom is -0.384 e. The fraction of sp³-hybridized carbons (Fsp3) is 0.364. The van der Waals surface area contributed by atoms with Crippen LogP contribution in [0.1, 0.15) is 24.0 Å². The van der Waals surface area contributed by atoms with Crippen LogP contribution in [-0.2, 0) is 13.1 Å². The molecule has 4 aromatic rings. The van der Waals surface area contributed by atoms with E-state index in [-0.39, 0.29) is 11.6 Å². The van der Waals surface area contributed by atoms with Gasteiger partial charge in [-0.05, 0) is 85.6 Å². The summed E-state index contributed by atoms with van der Waals surface area (Å²) in [5.41, 5.74) is 4.17. The van der Waals surface area contributed by atoms with Crippen LogP contribution in [0.25, 0.3) is 10.9 Å². The minimum absolute atomic E-state index is 0.220. The van der Waals surface area contributed by atoms with Crippen LogP contribution in [0, 0.1) is 11.6 Å². The Bertz CT molecular complexity index is 1330. The molecule has 216 valence electrons. The molecular formula is C33H38ClF2N5. The molecule has 1 saturated heterocycles. The maximum atomic E-state index is 13.4. The zero-order valence-electron chi connectivity index (χ0n) is 23.4. The first-order valence-electron chi connectivity index (χ1n) is 14.5. The van der Waals surface area contributed by atoms with Crippen molar-refractivity contribution in [1.82, 2.24) is 19.7 Å². The lowest BCUT2D eigenvalue weighted by atomic mass is 10.1. The van der Waals surface area contributed by atoms with Gasteiger partial charge < -0.3 is 15.1 Å². The molecule has 3 aromatic carbocycles. The Morgan fingerprint density at radius 3 is 1.95 bits per heavy atom. The van der Waals surface area contributed by atoms with E-state index in [4.69, 9.17) is 11.6 Å². The van der Waals surface area contributed by atoms with Gasteiger partial charge in [0.1, 0.15) is 11.6 Å². The molecule has 0 atom stereocenters. The molecule has 8 heteroatoms. The highest BCUT2D eigenvalue weighted by Gasteiger charge is 2.17. The third-order valence-electron chi connectivity index (χ3n) is 7.72. The maximum absolute atomic E-state index is 13.4. The Balaban J connectivity index is 1.02. The average Bonchev–Trinajstić information content (AvgIpc) is 2.98. The van der Waals surface area contributed by atoms with E-state index in [2.05, 4.69) is 25.0 Å². The Morgan fingerprint density at radius 2 is 1.34 bits per heavy atom. The number of rotatable bonds is 13. The zero-order chi connectivity index (χ0) is 28.4. The van der Waals surface area contributed by atoms with Crippen LogP contribution in [0.4, 0.5) is 14.5 Å². The first-order valence-corrected chi connectivity index (χ1v) is 14.8. The molecule has 5 nitrogen and oxygen atoms in total. The number of nitrogens with zero attached hydrogens (tertiary/aromatic N) is 4. The largest absolute Gasteiger partial charge is 0.384 e.